The summed E-state index contributed by atoms with van der Waals surface area (Å²) in [5, 5.41) is 2.63. The summed E-state index contributed by atoms with van der Waals surface area (Å²) in [6, 6.07) is 4.50. The molecule has 98 valence electrons. The van der Waals surface area contributed by atoms with Crippen molar-refractivity contribution < 1.29 is 14.3 Å². The van der Waals surface area contributed by atoms with Crippen LogP contribution in [0.1, 0.15) is 30.0 Å². The first-order chi connectivity index (χ1) is 8.45. The highest BCUT2D eigenvalue weighted by Gasteiger charge is 2.25. The number of carbonyl (C=O) groups is 2. The van der Waals surface area contributed by atoms with Crippen LogP contribution in [-0.2, 0) is 9.53 Å². The number of nitrogens with zero attached hydrogens (tertiary/aromatic N) is 1. The van der Waals surface area contributed by atoms with Gasteiger partial charge in [-0.3, -0.25) is 4.79 Å². The molecule has 1 aromatic rings. The minimum absolute atomic E-state index is 0.0498. The molecular formula is C13H18N2O3. The van der Waals surface area contributed by atoms with Crippen molar-refractivity contribution in [2.75, 3.05) is 7.11 Å². The van der Waals surface area contributed by atoms with Gasteiger partial charge in [0, 0.05) is 5.69 Å². The molecule has 0 fully saturated rings. The summed E-state index contributed by atoms with van der Waals surface area (Å²) in [7, 11) is 1.30. The molecule has 1 atom stereocenters. The molecule has 1 heterocycles. The van der Waals surface area contributed by atoms with E-state index in [1.165, 1.54) is 7.11 Å². The third kappa shape index (κ3) is 3.55. The lowest BCUT2D eigenvalue weighted by atomic mass is 10.0. The number of nitrogens with one attached hydrogen (secondary N) is 1. The van der Waals surface area contributed by atoms with Crippen LogP contribution >= 0.6 is 0 Å². The lowest BCUT2D eigenvalue weighted by Gasteiger charge is -2.19. The van der Waals surface area contributed by atoms with Crippen LogP contribution in [0.5, 0.6) is 0 Å². The molecule has 1 amide bonds. The molecule has 0 radical (unpaired) electrons. The van der Waals surface area contributed by atoms with Crippen LogP contribution in [0.25, 0.3) is 0 Å². The monoisotopic (exact) mass is 250 g/mol. The average molecular weight is 250 g/mol. The van der Waals surface area contributed by atoms with Gasteiger partial charge in [0.15, 0.2) is 0 Å². The first-order valence-electron chi connectivity index (χ1n) is 5.78. The predicted molar refractivity (Wildman–Crippen MR) is 67.1 cm³/mol. The maximum Gasteiger partial charge on any atom is 0.328 e. The standard InChI is InChI=1S/C13H18N2O3/c1-8(2)11(13(17)18-4)15-12(16)10-7-5-6-9(3)14-10/h5-8,11H,1-4H3,(H,15,16). The number of rotatable bonds is 4. The fraction of sp³-hybridized carbons (Fsp3) is 0.462. The van der Waals surface area contributed by atoms with E-state index in [9.17, 15) is 9.59 Å². The van der Waals surface area contributed by atoms with Gasteiger partial charge in [0.05, 0.1) is 7.11 Å². The second-order valence-electron chi connectivity index (χ2n) is 4.38. The largest absolute Gasteiger partial charge is 0.467 e. The van der Waals surface area contributed by atoms with Gasteiger partial charge in [-0.15, -0.1) is 0 Å². The van der Waals surface area contributed by atoms with Gasteiger partial charge in [0.2, 0.25) is 0 Å². The number of aryl methyl sites for hydroxylation is 1. The van der Waals surface area contributed by atoms with E-state index in [2.05, 4.69) is 15.0 Å². The maximum atomic E-state index is 12.0. The van der Waals surface area contributed by atoms with Crippen molar-refractivity contribution in [1.29, 1.82) is 0 Å². The first-order valence-corrected chi connectivity index (χ1v) is 5.78. The third-order valence-corrected chi connectivity index (χ3v) is 2.53. The van der Waals surface area contributed by atoms with Crippen LogP contribution in [0.4, 0.5) is 0 Å². The van der Waals surface area contributed by atoms with E-state index in [1.807, 2.05) is 13.8 Å². The number of methoxy groups -OCH3 is 1. The van der Waals surface area contributed by atoms with Crippen molar-refractivity contribution in [1.82, 2.24) is 10.3 Å². The van der Waals surface area contributed by atoms with Gasteiger partial charge in [-0.2, -0.15) is 0 Å². The number of pyridine rings is 1. The smallest absolute Gasteiger partial charge is 0.328 e. The minimum Gasteiger partial charge on any atom is -0.467 e. The maximum absolute atomic E-state index is 12.0. The summed E-state index contributed by atoms with van der Waals surface area (Å²) in [5.74, 6) is -0.875. The molecule has 0 saturated heterocycles. The van der Waals surface area contributed by atoms with E-state index < -0.39 is 12.0 Å². The number of hydrogen-bond donors (Lipinski definition) is 1. The van der Waals surface area contributed by atoms with Crippen molar-refractivity contribution in [3.05, 3.63) is 29.6 Å². The average Bonchev–Trinajstić information content (AvgIpc) is 2.34. The molecule has 0 saturated carbocycles. The Morgan fingerprint density at radius 1 is 1.33 bits per heavy atom. The summed E-state index contributed by atoms with van der Waals surface area (Å²) in [4.78, 5) is 27.6. The molecule has 1 aromatic heterocycles. The highest BCUT2D eigenvalue weighted by Crippen LogP contribution is 2.05. The first kappa shape index (κ1) is 14.2. The Kier molecular flexibility index (Phi) is 4.83. The topological polar surface area (TPSA) is 68.3 Å². The quantitative estimate of drug-likeness (QED) is 0.818. The Balaban J connectivity index is 2.82. The van der Waals surface area contributed by atoms with Crippen LogP contribution in [0.15, 0.2) is 18.2 Å². The van der Waals surface area contributed by atoms with Gasteiger partial charge in [0.25, 0.3) is 5.91 Å². The van der Waals surface area contributed by atoms with E-state index in [1.54, 1.807) is 25.1 Å². The van der Waals surface area contributed by atoms with Crippen molar-refractivity contribution >= 4 is 11.9 Å². The van der Waals surface area contributed by atoms with Crippen molar-refractivity contribution in [2.45, 2.75) is 26.8 Å². The summed E-state index contributed by atoms with van der Waals surface area (Å²) in [6.07, 6.45) is 0. The fourth-order valence-electron chi connectivity index (χ4n) is 1.51. The van der Waals surface area contributed by atoms with E-state index in [0.29, 0.717) is 5.69 Å². The molecule has 0 bridgehead atoms. The Morgan fingerprint density at radius 2 is 2.00 bits per heavy atom. The van der Waals surface area contributed by atoms with Crippen LogP contribution in [0.3, 0.4) is 0 Å². The molecule has 5 heteroatoms. The lowest BCUT2D eigenvalue weighted by Crippen LogP contribution is -2.45. The molecule has 5 nitrogen and oxygen atoms in total. The van der Waals surface area contributed by atoms with Crippen LogP contribution in [0.2, 0.25) is 0 Å². The minimum atomic E-state index is -0.662. The van der Waals surface area contributed by atoms with Crippen LogP contribution in [0, 0.1) is 12.8 Å². The predicted octanol–water partition coefficient (Wildman–Crippen LogP) is 1.32. The Morgan fingerprint density at radius 3 is 2.50 bits per heavy atom. The third-order valence-electron chi connectivity index (χ3n) is 2.53. The molecular weight excluding hydrogens is 232 g/mol. The normalized spacial score (nSPS) is 12.1. The molecule has 18 heavy (non-hydrogen) atoms. The van der Waals surface area contributed by atoms with E-state index in [4.69, 9.17) is 0 Å². The van der Waals surface area contributed by atoms with Crippen LogP contribution < -0.4 is 5.32 Å². The summed E-state index contributed by atoms with van der Waals surface area (Å²) in [6.45, 7) is 5.48. The lowest BCUT2D eigenvalue weighted by molar-refractivity contribution is -0.144. The van der Waals surface area contributed by atoms with Gasteiger partial charge >= 0.3 is 5.97 Å². The molecule has 0 aliphatic carbocycles. The Bertz CT molecular complexity index is 444. The molecule has 1 rings (SSSR count). The summed E-state index contributed by atoms with van der Waals surface area (Å²) in [5.41, 5.74) is 1.05. The van der Waals surface area contributed by atoms with E-state index >= 15 is 0 Å². The van der Waals surface area contributed by atoms with Gasteiger partial charge in [-0.1, -0.05) is 19.9 Å². The second kappa shape index (κ2) is 6.14. The van der Waals surface area contributed by atoms with Crippen molar-refractivity contribution in [2.24, 2.45) is 5.92 Å². The summed E-state index contributed by atoms with van der Waals surface area (Å²) < 4.78 is 4.66. The van der Waals surface area contributed by atoms with Crippen molar-refractivity contribution in [3.8, 4) is 0 Å². The number of carbonyl (C=O) groups excluding carboxylic acids is 2. The van der Waals surface area contributed by atoms with Gasteiger partial charge in [-0.05, 0) is 25.0 Å². The molecule has 0 aliphatic heterocycles. The van der Waals surface area contributed by atoms with E-state index in [-0.39, 0.29) is 11.8 Å². The zero-order valence-electron chi connectivity index (χ0n) is 11.1. The SMILES string of the molecule is COC(=O)C(NC(=O)c1cccc(C)n1)C(C)C. The second-order valence-corrected chi connectivity index (χ2v) is 4.38. The van der Waals surface area contributed by atoms with Crippen LogP contribution in [-0.4, -0.2) is 30.0 Å². The van der Waals surface area contributed by atoms with Crippen molar-refractivity contribution in [3.63, 3.8) is 0 Å². The molecule has 0 aliphatic rings. The molecule has 0 spiro atoms. The zero-order chi connectivity index (χ0) is 13.7. The zero-order valence-corrected chi connectivity index (χ0v) is 11.1. The fourth-order valence-corrected chi connectivity index (χ4v) is 1.51. The van der Waals surface area contributed by atoms with Gasteiger partial charge in [0.1, 0.15) is 11.7 Å². The number of hydrogen-bond acceptors (Lipinski definition) is 4. The highest BCUT2D eigenvalue weighted by molar-refractivity contribution is 5.95. The summed E-state index contributed by atoms with van der Waals surface area (Å²) >= 11 is 0. The number of esters is 1. The number of amides is 1. The van der Waals surface area contributed by atoms with Gasteiger partial charge < -0.3 is 10.1 Å². The molecule has 0 aromatic carbocycles. The van der Waals surface area contributed by atoms with Gasteiger partial charge in [-0.25, -0.2) is 9.78 Å². The molecule has 1 unspecified atom stereocenters. The Labute approximate surface area is 107 Å². The highest BCUT2D eigenvalue weighted by atomic mass is 16.5. The number of aromatic nitrogens is 1. The number of ether oxygens (including phenoxy) is 1. The van der Waals surface area contributed by atoms with E-state index in [0.717, 1.165) is 5.69 Å². The molecule has 1 N–H and O–H groups in total. The Hall–Kier alpha value is -1.91.